The normalized spacial score (nSPS) is 10.5. The molecule has 4 heteroatoms. The number of benzene rings is 1. The van der Waals surface area contributed by atoms with Crippen LogP contribution in [-0.4, -0.2) is 11.1 Å². The Morgan fingerprint density at radius 3 is 2.63 bits per heavy atom. The van der Waals surface area contributed by atoms with E-state index < -0.39 is 0 Å². The minimum absolute atomic E-state index is 0.114. The molecule has 1 aromatic carbocycles. The summed E-state index contributed by atoms with van der Waals surface area (Å²) < 4.78 is 6.76. The Morgan fingerprint density at radius 1 is 1.21 bits per heavy atom. The van der Waals surface area contributed by atoms with Crippen LogP contribution in [0.4, 0.5) is 5.69 Å². The summed E-state index contributed by atoms with van der Waals surface area (Å²) in [5.41, 5.74) is 2.13. The van der Waals surface area contributed by atoms with Gasteiger partial charge in [-0.25, -0.2) is 4.98 Å². The highest BCUT2D eigenvalue weighted by molar-refractivity contribution is 9.10. The van der Waals surface area contributed by atoms with Gasteiger partial charge in [0.1, 0.15) is 0 Å². The third-order valence-electron chi connectivity index (χ3n) is 2.51. The molecule has 0 radical (unpaired) electrons. The Hall–Kier alpha value is -1.55. The van der Waals surface area contributed by atoms with Crippen molar-refractivity contribution < 1.29 is 4.74 Å². The van der Waals surface area contributed by atoms with Crippen molar-refractivity contribution in [3.8, 4) is 5.88 Å². The van der Waals surface area contributed by atoms with Gasteiger partial charge in [0.2, 0.25) is 5.88 Å². The lowest BCUT2D eigenvalue weighted by Crippen LogP contribution is -2.10. The SMILES string of the molecule is CC(C)Oc1ncccc1NCc1ccc(Br)cc1. The monoisotopic (exact) mass is 320 g/mol. The van der Waals surface area contributed by atoms with Gasteiger partial charge < -0.3 is 10.1 Å². The molecule has 3 nitrogen and oxygen atoms in total. The van der Waals surface area contributed by atoms with Crippen molar-refractivity contribution >= 4 is 21.6 Å². The summed E-state index contributed by atoms with van der Waals surface area (Å²) in [5.74, 6) is 0.648. The van der Waals surface area contributed by atoms with Crippen LogP contribution in [0.5, 0.6) is 5.88 Å². The molecule has 0 spiro atoms. The van der Waals surface area contributed by atoms with Gasteiger partial charge in [0.15, 0.2) is 0 Å². The first-order valence-corrected chi connectivity index (χ1v) is 7.04. The van der Waals surface area contributed by atoms with E-state index in [0.717, 1.165) is 16.7 Å². The van der Waals surface area contributed by atoms with Crippen LogP contribution in [0.1, 0.15) is 19.4 Å². The predicted molar refractivity (Wildman–Crippen MR) is 81.5 cm³/mol. The van der Waals surface area contributed by atoms with E-state index in [9.17, 15) is 0 Å². The molecule has 2 aromatic rings. The second kappa shape index (κ2) is 6.57. The fraction of sp³-hybridized carbons (Fsp3) is 0.267. The zero-order valence-corrected chi connectivity index (χ0v) is 12.6. The van der Waals surface area contributed by atoms with Crippen molar-refractivity contribution in [2.45, 2.75) is 26.5 Å². The van der Waals surface area contributed by atoms with Crippen molar-refractivity contribution in [2.75, 3.05) is 5.32 Å². The number of ether oxygens (including phenoxy) is 1. The van der Waals surface area contributed by atoms with Crippen molar-refractivity contribution in [3.05, 3.63) is 52.6 Å². The molecule has 0 amide bonds. The Balaban J connectivity index is 2.04. The van der Waals surface area contributed by atoms with Crippen LogP contribution >= 0.6 is 15.9 Å². The van der Waals surface area contributed by atoms with Crippen molar-refractivity contribution in [1.82, 2.24) is 4.98 Å². The van der Waals surface area contributed by atoms with Crippen LogP contribution in [0.15, 0.2) is 47.1 Å². The zero-order valence-electron chi connectivity index (χ0n) is 11.1. The number of nitrogens with one attached hydrogen (secondary N) is 1. The molecule has 1 aromatic heterocycles. The van der Waals surface area contributed by atoms with E-state index >= 15 is 0 Å². The van der Waals surface area contributed by atoms with Gasteiger partial charge in [0.25, 0.3) is 0 Å². The molecule has 0 aliphatic rings. The van der Waals surface area contributed by atoms with Crippen LogP contribution < -0.4 is 10.1 Å². The van der Waals surface area contributed by atoms with E-state index in [-0.39, 0.29) is 6.10 Å². The Labute approximate surface area is 122 Å². The van der Waals surface area contributed by atoms with Crippen molar-refractivity contribution in [3.63, 3.8) is 0 Å². The molecular formula is C15H17BrN2O. The summed E-state index contributed by atoms with van der Waals surface area (Å²) >= 11 is 3.43. The summed E-state index contributed by atoms with van der Waals surface area (Å²) in [6.45, 7) is 4.73. The van der Waals surface area contributed by atoms with Crippen molar-refractivity contribution in [2.24, 2.45) is 0 Å². The van der Waals surface area contributed by atoms with Gasteiger partial charge in [-0.05, 0) is 43.7 Å². The van der Waals surface area contributed by atoms with Crippen LogP contribution in [0.2, 0.25) is 0 Å². The summed E-state index contributed by atoms with van der Waals surface area (Å²) in [6.07, 6.45) is 1.85. The van der Waals surface area contributed by atoms with Gasteiger partial charge in [-0.3, -0.25) is 0 Å². The first-order chi connectivity index (χ1) is 9.15. The number of anilines is 1. The van der Waals surface area contributed by atoms with Gasteiger partial charge in [-0.1, -0.05) is 28.1 Å². The number of nitrogens with zero attached hydrogens (tertiary/aromatic N) is 1. The lowest BCUT2D eigenvalue weighted by molar-refractivity contribution is 0.234. The van der Waals surface area contributed by atoms with Crippen LogP contribution in [0.3, 0.4) is 0 Å². The highest BCUT2D eigenvalue weighted by Crippen LogP contribution is 2.22. The second-order valence-electron chi connectivity index (χ2n) is 4.50. The minimum Gasteiger partial charge on any atom is -0.473 e. The Kier molecular flexibility index (Phi) is 4.80. The highest BCUT2D eigenvalue weighted by atomic mass is 79.9. The highest BCUT2D eigenvalue weighted by Gasteiger charge is 2.06. The number of hydrogen-bond donors (Lipinski definition) is 1. The van der Waals surface area contributed by atoms with Gasteiger partial charge in [-0.15, -0.1) is 0 Å². The summed E-state index contributed by atoms with van der Waals surface area (Å²) in [7, 11) is 0. The average Bonchev–Trinajstić information content (AvgIpc) is 2.39. The summed E-state index contributed by atoms with van der Waals surface area (Å²) in [4.78, 5) is 4.25. The van der Waals surface area contributed by atoms with Crippen LogP contribution in [0.25, 0.3) is 0 Å². The maximum atomic E-state index is 5.67. The van der Waals surface area contributed by atoms with E-state index in [4.69, 9.17) is 4.74 Å². The van der Waals surface area contributed by atoms with E-state index in [1.165, 1.54) is 5.56 Å². The predicted octanol–water partition coefficient (Wildman–Crippen LogP) is 4.24. The Morgan fingerprint density at radius 2 is 1.95 bits per heavy atom. The molecule has 0 aliphatic carbocycles. The lowest BCUT2D eigenvalue weighted by Gasteiger charge is -2.14. The molecule has 0 unspecified atom stereocenters. The molecule has 2 rings (SSSR count). The largest absolute Gasteiger partial charge is 0.473 e. The number of hydrogen-bond acceptors (Lipinski definition) is 3. The molecule has 1 N–H and O–H groups in total. The maximum absolute atomic E-state index is 5.67. The maximum Gasteiger partial charge on any atom is 0.237 e. The zero-order chi connectivity index (χ0) is 13.7. The van der Waals surface area contributed by atoms with Crippen LogP contribution in [-0.2, 0) is 6.54 Å². The molecule has 0 saturated carbocycles. The first-order valence-electron chi connectivity index (χ1n) is 6.25. The minimum atomic E-state index is 0.114. The summed E-state index contributed by atoms with van der Waals surface area (Å²) in [5, 5.41) is 3.35. The van der Waals surface area contributed by atoms with Crippen LogP contribution in [0, 0.1) is 0 Å². The van der Waals surface area contributed by atoms with Gasteiger partial charge >= 0.3 is 0 Å². The van der Waals surface area contributed by atoms with Gasteiger partial charge in [0.05, 0.1) is 11.8 Å². The number of aromatic nitrogens is 1. The lowest BCUT2D eigenvalue weighted by atomic mass is 10.2. The standard InChI is InChI=1S/C15H17BrN2O/c1-11(2)19-15-14(4-3-9-17-15)18-10-12-5-7-13(16)8-6-12/h3-9,11,18H,10H2,1-2H3. The quantitative estimate of drug-likeness (QED) is 0.894. The van der Waals surface area contributed by atoms with Gasteiger partial charge in [0, 0.05) is 17.2 Å². The molecule has 1 heterocycles. The fourth-order valence-electron chi connectivity index (χ4n) is 1.64. The average molecular weight is 321 g/mol. The summed E-state index contributed by atoms with van der Waals surface area (Å²) in [6, 6.07) is 12.1. The molecule has 0 fully saturated rings. The number of rotatable bonds is 5. The molecule has 0 saturated heterocycles. The molecule has 0 aliphatic heterocycles. The molecule has 0 bridgehead atoms. The molecule has 0 atom stereocenters. The Bertz CT molecular complexity index is 526. The van der Waals surface area contributed by atoms with E-state index in [0.29, 0.717) is 5.88 Å². The smallest absolute Gasteiger partial charge is 0.237 e. The third-order valence-corrected chi connectivity index (χ3v) is 3.04. The first kappa shape index (κ1) is 13.9. The number of pyridine rings is 1. The third kappa shape index (κ3) is 4.24. The molecule has 19 heavy (non-hydrogen) atoms. The van der Waals surface area contributed by atoms with Crippen molar-refractivity contribution in [1.29, 1.82) is 0 Å². The topological polar surface area (TPSA) is 34.1 Å². The van der Waals surface area contributed by atoms with E-state index in [1.54, 1.807) is 6.20 Å². The number of halogens is 1. The van der Waals surface area contributed by atoms with E-state index in [1.807, 2.05) is 38.1 Å². The fourth-order valence-corrected chi connectivity index (χ4v) is 1.91. The second-order valence-corrected chi connectivity index (χ2v) is 5.42. The van der Waals surface area contributed by atoms with Gasteiger partial charge in [-0.2, -0.15) is 0 Å². The molecule has 100 valence electrons. The molecular weight excluding hydrogens is 304 g/mol. The van der Waals surface area contributed by atoms with E-state index in [2.05, 4.69) is 38.4 Å².